The van der Waals surface area contributed by atoms with Crippen LogP contribution in [0.3, 0.4) is 0 Å². The molecule has 1 aromatic rings. The summed E-state index contributed by atoms with van der Waals surface area (Å²) >= 11 is 0. The SMILES string of the molecule is CN(N)C(=O)COCc1ccc2c(c1)CCC2. The maximum Gasteiger partial charge on any atom is 0.262 e. The zero-order chi connectivity index (χ0) is 12.3. The van der Waals surface area contributed by atoms with Crippen molar-refractivity contribution in [3.63, 3.8) is 0 Å². The van der Waals surface area contributed by atoms with Gasteiger partial charge in [-0.15, -0.1) is 0 Å². The summed E-state index contributed by atoms with van der Waals surface area (Å²) in [7, 11) is 1.51. The lowest BCUT2D eigenvalue weighted by atomic mass is 10.1. The van der Waals surface area contributed by atoms with Crippen molar-refractivity contribution in [2.24, 2.45) is 5.84 Å². The van der Waals surface area contributed by atoms with Gasteiger partial charge in [0.25, 0.3) is 5.91 Å². The number of amides is 1. The number of hydrogen-bond donors (Lipinski definition) is 1. The molecule has 1 aromatic carbocycles. The van der Waals surface area contributed by atoms with Crippen LogP contribution in [-0.2, 0) is 29.0 Å². The number of carbonyl (C=O) groups is 1. The minimum atomic E-state index is -0.217. The van der Waals surface area contributed by atoms with Crippen molar-refractivity contribution < 1.29 is 9.53 Å². The topological polar surface area (TPSA) is 55.6 Å². The molecule has 0 saturated carbocycles. The molecule has 0 aromatic heterocycles. The first-order valence-corrected chi connectivity index (χ1v) is 5.86. The van der Waals surface area contributed by atoms with Crippen molar-refractivity contribution in [3.05, 3.63) is 34.9 Å². The van der Waals surface area contributed by atoms with Crippen molar-refractivity contribution >= 4 is 5.91 Å². The van der Waals surface area contributed by atoms with Crippen molar-refractivity contribution in [1.82, 2.24) is 5.01 Å². The average Bonchev–Trinajstić information content (AvgIpc) is 2.75. The van der Waals surface area contributed by atoms with Gasteiger partial charge in [0.1, 0.15) is 6.61 Å². The lowest BCUT2D eigenvalue weighted by Crippen LogP contribution is -2.35. The Morgan fingerprint density at radius 2 is 2.18 bits per heavy atom. The van der Waals surface area contributed by atoms with Crippen molar-refractivity contribution in [2.75, 3.05) is 13.7 Å². The predicted molar refractivity (Wildman–Crippen MR) is 65.1 cm³/mol. The van der Waals surface area contributed by atoms with Crippen LogP contribution in [0.25, 0.3) is 0 Å². The highest BCUT2D eigenvalue weighted by atomic mass is 16.5. The number of nitrogens with two attached hydrogens (primary N) is 1. The Balaban J connectivity index is 1.85. The Hall–Kier alpha value is -1.39. The number of benzene rings is 1. The molecule has 0 heterocycles. The molecule has 0 aliphatic heterocycles. The van der Waals surface area contributed by atoms with Crippen LogP contribution in [-0.4, -0.2) is 24.6 Å². The van der Waals surface area contributed by atoms with Crippen LogP contribution in [0.2, 0.25) is 0 Å². The predicted octanol–water partition coefficient (Wildman–Crippen LogP) is 1.02. The summed E-state index contributed by atoms with van der Waals surface area (Å²) in [5.74, 6) is 5.08. The molecule has 17 heavy (non-hydrogen) atoms. The third kappa shape index (κ3) is 3.05. The van der Waals surface area contributed by atoms with Gasteiger partial charge >= 0.3 is 0 Å². The fourth-order valence-electron chi connectivity index (χ4n) is 2.07. The van der Waals surface area contributed by atoms with Crippen LogP contribution in [0.1, 0.15) is 23.1 Å². The Morgan fingerprint density at radius 3 is 2.94 bits per heavy atom. The van der Waals surface area contributed by atoms with Gasteiger partial charge in [-0.05, 0) is 36.0 Å². The zero-order valence-corrected chi connectivity index (χ0v) is 10.1. The van der Waals surface area contributed by atoms with Crippen LogP contribution in [0.5, 0.6) is 0 Å². The fraction of sp³-hybridized carbons (Fsp3) is 0.462. The highest BCUT2D eigenvalue weighted by molar-refractivity contribution is 5.76. The first-order chi connectivity index (χ1) is 8.16. The fourth-order valence-corrected chi connectivity index (χ4v) is 2.07. The number of carbonyl (C=O) groups excluding carboxylic acids is 1. The molecular weight excluding hydrogens is 216 g/mol. The summed E-state index contributed by atoms with van der Waals surface area (Å²) in [6.45, 7) is 0.497. The Bertz CT molecular complexity index is 416. The van der Waals surface area contributed by atoms with Crippen LogP contribution in [0.15, 0.2) is 18.2 Å². The molecule has 4 heteroatoms. The van der Waals surface area contributed by atoms with E-state index < -0.39 is 0 Å². The van der Waals surface area contributed by atoms with E-state index in [0.717, 1.165) is 17.0 Å². The van der Waals surface area contributed by atoms with Crippen LogP contribution < -0.4 is 5.84 Å². The number of fused-ring (bicyclic) bond motifs is 1. The minimum Gasteiger partial charge on any atom is -0.367 e. The average molecular weight is 234 g/mol. The summed E-state index contributed by atoms with van der Waals surface area (Å²) in [5, 5.41) is 1.04. The molecule has 1 aliphatic carbocycles. The second-order valence-corrected chi connectivity index (χ2v) is 4.45. The second kappa shape index (κ2) is 5.29. The molecule has 0 unspecified atom stereocenters. The normalized spacial score (nSPS) is 13.5. The van der Waals surface area contributed by atoms with Gasteiger partial charge in [0.15, 0.2) is 0 Å². The number of likely N-dealkylation sites (N-methyl/N-ethyl adjacent to an activating group) is 1. The third-order valence-electron chi connectivity index (χ3n) is 3.05. The van der Waals surface area contributed by atoms with E-state index in [0.29, 0.717) is 6.61 Å². The molecule has 0 fully saturated rings. The van der Waals surface area contributed by atoms with E-state index in [-0.39, 0.29) is 12.5 Å². The van der Waals surface area contributed by atoms with Gasteiger partial charge in [0.2, 0.25) is 0 Å². The number of ether oxygens (including phenoxy) is 1. The molecule has 2 N–H and O–H groups in total. The van der Waals surface area contributed by atoms with E-state index in [1.165, 1.54) is 31.0 Å². The molecular formula is C13H18N2O2. The summed E-state index contributed by atoms with van der Waals surface area (Å²) < 4.78 is 5.33. The molecule has 0 bridgehead atoms. The number of nitrogens with zero attached hydrogens (tertiary/aromatic N) is 1. The molecule has 92 valence electrons. The van der Waals surface area contributed by atoms with E-state index in [4.69, 9.17) is 10.6 Å². The Labute approximate surface area is 101 Å². The van der Waals surface area contributed by atoms with Gasteiger partial charge < -0.3 is 4.74 Å². The standard InChI is InChI=1S/C13H18N2O2/c1-15(14)13(16)9-17-8-10-5-6-11-3-2-4-12(11)7-10/h5-7H,2-4,8-9,14H2,1H3. The quantitative estimate of drug-likeness (QED) is 0.481. The molecule has 1 amide bonds. The van der Waals surface area contributed by atoms with Gasteiger partial charge in [0.05, 0.1) is 6.61 Å². The maximum absolute atomic E-state index is 11.2. The number of hydrazine groups is 1. The monoisotopic (exact) mass is 234 g/mol. The van der Waals surface area contributed by atoms with E-state index >= 15 is 0 Å². The van der Waals surface area contributed by atoms with Crippen LogP contribution in [0, 0.1) is 0 Å². The number of hydrogen-bond acceptors (Lipinski definition) is 3. The van der Waals surface area contributed by atoms with Gasteiger partial charge in [0, 0.05) is 7.05 Å². The summed E-state index contributed by atoms with van der Waals surface area (Å²) in [4.78, 5) is 11.2. The van der Waals surface area contributed by atoms with Crippen molar-refractivity contribution in [2.45, 2.75) is 25.9 Å². The largest absolute Gasteiger partial charge is 0.367 e. The van der Waals surface area contributed by atoms with E-state index in [1.807, 2.05) is 0 Å². The van der Waals surface area contributed by atoms with Crippen LogP contribution >= 0.6 is 0 Å². The number of aryl methyl sites for hydroxylation is 2. The Kier molecular flexibility index (Phi) is 3.76. The van der Waals surface area contributed by atoms with E-state index in [1.54, 1.807) is 0 Å². The smallest absolute Gasteiger partial charge is 0.262 e. The first-order valence-electron chi connectivity index (χ1n) is 5.86. The van der Waals surface area contributed by atoms with E-state index in [9.17, 15) is 4.79 Å². The highest BCUT2D eigenvalue weighted by Gasteiger charge is 2.11. The Morgan fingerprint density at radius 1 is 1.41 bits per heavy atom. The molecule has 0 radical (unpaired) electrons. The molecule has 0 spiro atoms. The molecule has 4 nitrogen and oxygen atoms in total. The number of rotatable bonds is 4. The lowest BCUT2D eigenvalue weighted by molar-refractivity contribution is -0.135. The molecule has 2 rings (SSSR count). The van der Waals surface area contributed by atoms with Gasteiger partial charge in [-0.25, -0.2) is 5.84 Å². The zero-order valence-electron chi connectivity index (χ0n) is 10.1. The van der Waals surface area contributed by atoms with Crippen molar-refractivity contribution in [1.29, 1.82) is 0 Å². The summed E-state index contributed by atoms with van der Waals surface area (Å²) in [6.07, 6.45) is 3.59. The maximum atomic E-state index is 11.2. The third-order valence-corrected chi connectivity index (χ3v) is 3.05. The van der Waals surface area contributed by atoms with Gasteiger partial charge in [-0.3, -0.25) is 9.80 Å². The van der Waals surface area contributed by atoms with Gasteiger partial charge in [-0.2, -0.15) is 0 Å². The van der Waals surface area contributed by atoms with Crippen molar-refractivity contribution in [3.8, 4) is 0 Å². The van der Waals surface area contributed by atoms with Crippen LogP contribution in [0.4, 0.5) is 0 Å². The summed E-state index contributed by atoms with van der Waals surface area (Å²) in [6, 6.07) is 6.41. The van der Waals surface area contributed by atoms with E-state index in [2.05, 4.69) is 18.2 Å². The lowest BCUT2D eigenvalue weighted by Gasteiger charge is -2.10. The molecule has 0 atom stereocenters. The summed E-state index contributed by atoms with van der Waals surface area (Å²) in [5.41, 5.74) is 4.00. The molecule has 1 aliphatic rings. The minimum absolute atomic E-state index is 0.0318. The first kappa shape index (κ1) is 12.1. The second-order valence-electron chi connectivity index (χ2n) is 4.45. The molecule has 0 saturated heterocycles. The highest BCUT2D eigenvalue weighted by Crippen LogP contribution is 2.22. The van der Waals surface area contributed by atoms with Gasteiger partial charge in [-0.1, -0.05) is 18.2 Å².